The summed E-state index contributed by atoms with van der Waals surface area (Å²) in [7, 11) is 1.62. The number of ether oxygens (including phenoxy) is 1. The minimum Gasteiger partial charge on any atom is -0.496 e. The highest BCUT2D eigenvalue weighted by molar-refractivity contribution is 7.99. The third kappa shape index (κ3) is 4.08. The Bertz CT molecular complexity index is 852. The molecule has 1 fully saturated rings. The molecular formula is C19H23N5O2S. The standard InChI is InChI=1S/C19H23N5O2S/c1-3-24-17(14-8-4-5-9-15(14)26-2)22-23-18(24)27-12-16(25)21-19(13-20)10-6-7-11-19/h4-5,8-9H,3,6-7,10-12H2,1-2H3,(H,21,25). The summed E-state index contributed by atoms with van der Waals surface area (Å²) in [5, 5.41) is 21.5. The van der Waals surface area contributed by atoms with E-state index in [1.807, 2.05) is 35.8 Å². The van der Waals surface area contributed by atoms with Gasteiger partial charge in [-0.15, -0.1) is 10.2 Å². The van der Waals surface area contributed by atoms with Crippen LogP contribution in [0.4, 0.5) is 0 Å². The molecule has 1 aromatic carbocycles. The number of rotatable bonds is 7. The van der Waals surface area contributed by atoms with Crippen LogP contribution in [0.25, 0.3) is 11.4 Å². The quantitative estimate of drug-likeness (QED) is 0.737. The molecule has 0 radical (unpaired) electrons. The van der Waals surface area contributed by atoms with Gasteiger partial charge in [-0.2, -0.15) is 5.26 Å². The predicted molar refractivity (Wildman–Crippen MR) is 103 cm³/mol. The van der Waals surface area contributed by atoms with Crippen molar-refractivity contribution < 1.29 is 9.53 Å². The Morgan fingerprint density at radius 2 is 2.11 bits per heavy atom. The number of aromatic nitrogens is 3. The van der Waals surface area contributed by atoms with Crippen LogP contribution in [0.2, 0.25) is 0 Å². The first-order valence-corrected chi connectivity index (χ1v) is 10.0. The molecular weight excluding hydrogens is 362 g/mol. The van der Waals surface area contributed by atoms with Crippen molar-refractivity contribution in [3.63, 3.8) is 0 Å². The molecule has 0 aliphatic heterocycles. The maximum atomic E-state index is 12.4. The van der Waals surface area contributed by atoms with Gasteiger partial charge in [-0.1, -0.05) is 23.9 Å². The summed E-state index contributed by atoms with van der Waals surface area (Å²) >= 11 is 1.33. The van der Waals surface area contributed by atoms with Gasteiger partial charge in [-0.05, 0) is 44.7 Å². The molecule has 1 N–H and O–H groups in total. The van der Waals surface area contributed by atoms with E-state index in [0.29, 0.717) is 17.5 Å². The fraction of sp³-hybridized carbons (Fsp3) is 0.474. The van der Waals surface area contributed by atoms with E-state index in [-0.39, 0.29) is 11.7 Å². The van der Waals surface area contributed by atoms with Gasteiger partial charge in [-0.3, -0.25) is 4.79 Å². The van der Waals surface area contributed by atoms with Crippen LogP contribution in [0, 0.1) is 11.3 Å². The van der Waals surface area contributed by atoms with Crippen LogP contribution >= 0.6 is 11.8 Å². The second-order valence-electron chi connectivity index (χ2n) is 6.49. The maximum Gasteiger partial charge on any atom is 0.231 e. The smallest absolute Gasteiger partial charge is 0.231 e. The minimum atomic E-state index is -0.696. The molecule has 1 aromatic heterocycles. The Kier molecular flexibility index (Phi) is 6.01. The van der Waals surface area contributed by atoms with E-state index in [2.05, 4.69) is 21.6 Å². The number of amides is 1. The normalized spacial score (nSPS) is 15.3. The molecule has 8 heteroatoms. The number of thioether (sulfide) groups is 1. The fourth-order valence-corrected chi connectivity index (χ4v) is 4.19. The van der Waals surface area contributed by atoms with Crippen molar-refractivity contribution in [1.29, 1.82) is 5.26 Å². The van der Waals surface area contributed by atoms with Crippen LogP contribution in [0.15, 0.2) is 29.4 Å². The van der Waals surface area contributed by atoms with Crippen LogP contribution < -0.4 is 10.1 Å². The number of carbonyl (C=O) groups is 1. The lowest BCUT2D eigenvalue weighted by molar-refractivity contribution is -0.119. The van der Waals surface area contributed by atoms with Crippen molar-refractivity contribution in [2.24, 2.45) is 0 Å². The Balaban J connectivity index is 1.72. The lowest BCUT2D eigenvalue weighted by Gasteiger charge is -2.21. The first kappa shape index (κ1) is 19.2. The fourth-order valence-electron chi connectivity index (χ4n) is 3.39. The highest BCUT2D eigenvalue weighted by Gasteiger charge is 2.35. The van der Waals surface area contributed by atoms with Gasteiger partial charge in [0.25, 0.3) is 0 Å². The third-order valence-electron chi connectivity index (χ3n) is 4.76. The molecule has 0 saturated heterocycles. The van der Waals surface area contributed by atoms with Crippen molar-refractivity contribution in [2.45, 2.75) is 49.8 Å². The summed E-state index contributed by atoms with van der Waals surface area (Å²) in [5.74, 6) is 1.49. The van der Waals surface area contributed by atoms with Gasteiger partial charge in [0.15, 0.2) is 11.0 Å². The van der Waals surface area contributed by atoms with Crippen LogP contribution in [0.5, 0.6) is 5.75 Å². The molecule has 0 atom stereocenters. The number of carbonyl (C=O) groups excluding carboxylic acids is 1. The largest absolute Gasteiger partial charge is 0.496 e. The molecule has 1 amide bonds. The van der Waals surface area contributed by atoms with Crippen LogP contribution in [-0.2, 0) is 11.3 Å². The van der Waals surface area contributed by atoms with Crippen molar-refractivity contribution in [3.8, 4) is 23.2 Å². The molecule has 1 heterocycles. The van der Waals surface area contributed by atoms with E-state index in [9.17, 15) is 10.1 Å². The zero-order valence-corrected chi connectivity index (χ0v) is 16.4. The number of benzene rings is 1. The third-order valence-corrected chi connectivity index (χ3v) is 5.73. The van der Waals surface area contributed by atoms with Crippen molar-refractivity contribution in [3.05, 3.63) is 24.3 Å². The number of nitrogens with zero attached hydrogens (tertiary/aromatic N) is 4. The topological polar surface area (TPSA) is 92.8 Å². The molecule has 0 bridgehead atoms. The summed E-state index contributed by atoms with van der Waals surface area (Å²) in [5.41, 5.74) is 0.165. The number of hydrogen-bond acceptors (Lipinski definition) is 6. The summed E-state index contributed by atoms with van der Waals surface area (Å²) in [6.45, 7) is 2.68. The molecule has 27 heavy (non-hydrogen) atoms. The Morgan fingerprint density at radius 3 is 2.78 bits per heavy atom. The van der Waals surface area contributed by atoms with Crippen molar-refractivity contribution >= 4 is 17.7 Å². The van der Waals surface area contributed by atoms with E-state index in [1.54, 1.807) is 7.11 Å². The van der Waals surface area contributed by atoms with Gasteiger partial charge in [0.1, 0.15) is 11.3 Å². The van der Waals surface area contributed by atoms with E-state index in [4.69, 9.17) is 4.74 Å². The molecule has 3 rings (SSSR count). The highest BCUT2D eigenvalue weighted by atomic mass is 32.2. The van der Waals surface area contributed by atoms with Gasteiger partial charge in [0, 0.05) is 6.54 Å². The first-order valence-electron chi connectivity index (χ1n) is 9.04. The Hall–Kier alpha value is -2.53. The molecule has 1 aliphatic carbocycles. The summed E-state index contributed by atoms with van der Waals surface area (Å²) < 4.78 is 7.39. The van der Waals surface area contributed by atoms with Crippen molar-refractivity contribution in [1.82, 2.24) is 20.1 Å². The monoisotopic (exact) mass is 385 g/mol. The second kappa shape index (κ2) is 8.44. The molecule has 0 unspecified atom stereocenters. The van der Waals surface area contributed by atoms with E-state index >= 15 is 0 Å². The molecule has 7 nitrogen and oxygen atoms in total. The SMILES string of the molecule is CCn1c(SCC(=O)NC2(C#N)CCCC2)nnc1-c1ccccc1OC. The summed E-state index contributed by atoms with van der Waals surface area (Å²) in [6, 6.07) is 9.93. The highest BCUT2D eigenvalue weighted by Crippen LogP contribution is 2.31. The number of methoxy groups -OCH3 is 1. The predicted octanol–water partition coefficient (Wildman–Crippen LogP) is 3.02. The van der Waals surface area contributed by atoms with Crippen LogP contribution in [0.3, 0.4) is 0 Å². The average Bonchev–Trinajstić information content (AvgIpc) is 3.33. The molecule has 1 saturated carbocycles. The minimum absolute atomic E-state index is 0.145. The van der Waals surface area contributed by atoms with Gasteiger partial charge < -0.3 is 14.6 Å². The van der Waals surface area contributed by atoms with E-state index in [0.717, 1.165) is 37.0 Å². The van der Waals surface area contributed by atoms with Crippen LogP contribution in [-0.4, -0.2) is 39.1 Å². The first-order chi connectivity index (χ1) is 13.1. The lowest BCUT2D eigenvalue weighted by Crippen LogP contribution is -2.45. The Morgan fingerprint density at radius 1 is 1.37 bits per heavy atom. The number of para-hydroxylation sites is 1. The van der Waals surface area contributed by atoms with E-state index < -0.39 is 5.54 Å². The zero-order valence-electron chi connectivity index (χ0n) is 15.6. The lowest BCUT2D eigenvalue weighted by atomic mass is 10.0. The Labute approximate surface area is 163 Å². The second-order valence-corrected chi connectivity index (χ2v) is 7.43. The maximum absolute atomic E-state index is 12.4. The van der Waals surface area contributed by atoms with E-state index in [1.165, 1.54) is 11.8 Å². The molecule has 1 aliphatic rings. The zero-order chi connectivity index (χ0) is 19.3. The number of hydrogen-bond donors (Lipinski definition) is 1. The van der Waals surface area contributed by atoms with Gasteiger partial charge >= 0.3 is 0 Å². The van der Waals surface area contributed by atoms with Crippen LogP contribution in [0.1, 0.15) is 32.6 Å². The average molecular weight is 385 g/mol. The summed E-state index contributed by atoms with van der Waals surface area (Å²) in [6.07, 6.45) is 3.41. The van der Waals surface area contributed by atoms with Gasteiger partial charge in [-0.25, -0.2) is 0 Å². The van der Waals surface area contributed by atoms with Gasteiger partial charge in [0.05, 0.1) is 24.5 Å². The molecule has 2 aromatic rings. The van der Waals surface area contributed by atoms with Gasteiger partial charge in [0.2, 0.25) is 5.91 Å². The number of nitriles is 1. The number of nitrogens with one attached hydrogen (secondary N) is 1. The molecule has 0 spiro atoms. The molecule has 142 valence electrons. The summed E-state index contributed by atoms with van der Waals surface area (Å²) in [4.78, 5) is 12.4. The van der Waals surface area contributed by atoms with Crippen molar-refractivity contribution in [2.75, 3.05) is 12.9 Å².